The predicted molar refractivity (Wildman–Crippen MR) is 87.4 cm³/mol. The van der Waals surface area contributed by atoms with Crippen LogP contribution in [0.5, 0.6) is 0 Å². The number of hydrogen-bond donors (Lipinski definition) is 4. The van der Waals surface area contributed by atoms with Gasteiger partial charge in [0.05, 0.1) is 23.4 Å². The van der Waals surface area contributed by atoms with E-state index in [2.05, 4.69) is 4.31 Å². The van der Waals surface area contributed by atoms with E-state index < -0.39 is 48.3 Å². The maximum atomic E-state index is 12.0. The zero-order chi connectivity index (χ0) is 20.1. The van der Waals surface area contributed by atoms with Gasteiger partial charge in [-0.2, -0.15) is 8.42 Å². The molecule has 0 heterocycles. The third kappa shape index (κ3) is 10.4. The first kappa shape index (κ1) is 24.7. The molecule has 0 saturated heterocycles. The molecule has 0 spiro atoms. The fourth-order valence-electron chi connectivity index (χ4n) is 1.94. The van der Waals surface area contributed by atoms with Gasteiger partial charge in [-0.15, -0.1) is 0 Å². The van der Waals surface area contributed by atoms with Gasteiger partial charge < -0.3 is 19.4 Å². The number of ether oxygens (including phenoxy) is 1. The van der Waals surface area contributed by atoms with Gasteiger partial charge in [0.2, 0.25) is 0 Å². The van der Waals surface area contributed by atoms with Crippen LogP contribution in [0.3, 0.4) is 0 Å². The molecule has 0 fully saturated rings. The molecule has 0 aromatic rings. The van der Waals surface area contributed by atoms with E-state index in [9.17, 15) is 27.2 Å². The first-order valence-electron chi connectivity index (χ1n) is 7.22. The van der Waals surface area contributed by atoms with Crippen LogP contribution in [0, 0.1) is 5.41 Å². The number of esters is 1. The maximum absolute atomic E-state index is 12.0. The number of rotatable bonds is 11. The fourth-order valence-corrected chi connectivity index (χ4v) is 5.18. The second-order valence-corrected chi connectivity index (χ2v) is 11.1. The molecule has 0 radical (unpaired) electrons. The van der Waals surface area contributed by atoms with Crippen molar-refractivity contribution in [3.63, 3.8) is 0 Å². The van der Waals surface area contributed by atoms with Crippen molar-refractivity contribution in [2.75, 3.05) is 12.8 Å². The summed E-state index contributed by atoms with van der Waals surface area (Å²) in [7, 11) is -14.0. The first-order valence-corrected chi connectivity index (χ1v) is 12.0. The molecule has 0 aromatic carbocycles. The quantitative estimate of drug-likeness (QED) is 0.161. The predicted octanol–water partition coefficient (Wildman–Crippen LogP) is 1.30. The number of hydrogen-bond acceptors (Lipinski definition) is 7. The molecule has 0 bridgehead atoms. The zero-order valence-corrected chi connectivity index (χ0v) is 16.7. The minimum atomic E-state index is -5.12. The Morgan fingerprint density at radius 2 is 1.72 bits per heavy atom. The fraction of sp³-hybridized carbons (Fsp3) is 0.909. The van der Waals surface area contributed by atoms with Crippen molar-refractivity contribution >= 4 is 31.5 Å². The van der Waals surface area contributed by atoms with Gasteiger partial charge in [0.25, 0.3) is 10.1 Å². The highest BCUT2D eigenvalue weighted by Crippen LogP contribution is 2.57. The average molecular weight is 426 g/mol. The molecule has 2 atom stereocenters. The monoisotopic (exact) mass is 426 g/mol. The highest BCUT2D eigenvalue weighted by atomic mass is 32.2. The average Bonchev–Trinajstić information content (AvgIpc) is 2.36. The molecular weight excluding hydrogens is 402 g/mol. The van der Waals surface area contributed by atoms with Gasteiger partial charge in [-0.05, 0) is 33.1 Å². The molecule has 0 amide bonds. The molecule has 0 saturated carbocycles. The lowest BCUT2D eigenvalue weighted by molar-refractivity contribution is -0.154. The van der Waals surface area contributed by atoms with Crippen molar-refractivity contribution < 1.29 is 50.6 Å². The number of carbonyl (C=O) groups excluding carboxylic acids is 1. The van der Waals surface area contributed by atoms with Crippen LogP contribution in [-0.2, 0) is 33.1 Å². The highest BCUT2D eigenvalue weighted by Gasteiger charge is 2.36. The topological polar surface area (TPSA) is 185 Å². The normalized spacial score (nSPS) is 16.9. The molecule has 0 aromatic heterocycles. The van der Waals surface area contributed by atoms with Crippen LogP contribution in [0.25, 0.3) is 0 Å². The van der Waals surface area contributed by atoms with E-state index in [1.165, 1.54) is 13.8 Å². The molecule has 150 valence electrons. The van der Waals surface area contributed by atoms with Crippen LogP contribution < -0.4 is 0 Å². The Bertz CT molecular complexity index is 651. The van der Waals surface area contributed by atoms with Crippen LogP contribution in [0.15, 0.2) is 0 Å². The summed E-state index contributed by atoms with van der Waals surface area (Å²) in [5.74, 6) is -0.779. The van der Waals surface area contributed by atoms with Crippen molar-refractivity contribution in [3.05, 3.63) is 0 Å². The smallest absolute Gasteiger partial charge is 0.465 e. The first-order chi connectivity index (χ1) is 11.0. The SMILES string of the molecule is CCC(CC(C)(C)C(=O)OCCCP(=O)(O)OP(=O)(O)O)S(=O)(=O)O. The molecule has 25 heavy (non-hydrogen) atoms. The van der Waals surface area contributed by atoms with E-state index >= 15 is 0 Å². The minimum Gasteiger partial charge on any atom is -0.465 e. The Labute approximate surface area is 146 Å². The minimum absolute atomic E-state index is 0.100. The summed E-state index contributed by atoms with van der Waals surface area (Å²) in [6.07, 6.45) is -0.927. The lowest BCUT2D eigenvalue weighted by Gasteiger charge is -2.26. The van der Waals surface area contributed by atoms with Crippen molar-refractivity contribution in [1.29, 1.82) is 0 Å². The summed E-state index contributed by atoms with van der Waals surface area (Å²) in [4.78, 5) is 38.2. The Morgan fingerprint density at radius 3 is 2.12 bits per heavy atom. The van der Waals surface area contributed by atoms with Gasteiger partial charge >= 0.3 is 21.4 Å². The van der Waals surface area contributed by atoms with Crippen LogP contribution in [0.4, 0.5) is 0 Å². The van der Waals surface area contributed by atoms with Gasteiger partial charge in [0.1, 0.15) is 0 Å². The van der Waals surface area contributed by atoms with Gasteiger partial charge in [-0.3, -0.25) is 13.9 Å². The molecule has 0 rings (SSSR count). The van der Waals surface area contributed by atoms with Gasteiger partial charge in [-0.1, -0.05) is 6.92 Å². The molecular formula is C11H24O11P2S. The molecule has 0 aliphatic carbocycles. The highest BCUT2D eigenvalue weighted by molar-refractivity contribution is 7.86. The summed E-state index contributed by atoms with van der Waals surface area (Å²) < 4.78 is 62.1. The second-order valence-electron chi connectivity index (χ2n) is 6.06. The van der Waals surface area contributed by atoms with Gasteiger partial charge in [-0.25, -0.2) is 8.88 Å². The summed E-state index contributed by atoms with van der Waals surface area (Å²) in [5.41, 5.74) is -1.23. The van der Waals surface area contributed by atoms with Crippen LogP contribution >= 0.6 is 15.4 Å². The third-order valence-corrected chi connectivity index (χ3v) is 7.31. The van der Waals surface area contributed by atoms with Crippen LogP contribution in [-0.4, -0.2) is 51.6 Å². The van der Waals surface area contributed by atoms with Crippen LogP contribution in [0.1, 0.15) is 40.0 Å². The third-order valence-electron chi connectivity index (χ3n) is 3.22. The largest absolute Gasteiger partial charge is 0.476 e. The van der Waals surface area contributed by atoms with E-state index in [0.29, 0.717) is 0 Å². The summed E-state index contributed by atoms with van der Waals surface area (Å²) in [5, 5.41) is -1.13. The molecule has 14 heteroatoms. The van der Waals surface area contributed by atoms with E-state index in [1.807, 2.05) is 0 Å². The second kappa shape index (κ2) is 9.05. The summed E-state index contributed by atoms with van der Waals surface area (Å²) in [6.45, 7) is 4.06. The van der Waals surface area contributed by atoms with Crippen molar-refractivity contribution in [2.45, 2.75) is 45.3 Å². The van der Waals surface area contributed by atoms with Crippen LogP contribution in [0.2, 0.25) is 0 Å². The van der Waals surface area contributed by atoms with Crippen molar-refractivity contribution in [2.24, 2.45) is 5.41 Å². The van der Waals surface area contributed by atoms with E-state index in [1.54, 1.807) is 6.92 Å². The Morgan fingerprint density at radius 1 is 1.20 bits per heavy atom. The lowest BCUT2D eigenvalue weighted by atomic mass is 9.87. The van der Waals surface area contributed by atoms with Crippen molar-refractivity contribution in [1.82, 2.24) is 0 Å². The molecule has 4 N–H and O–H groups in total. The lowest BCUT2D eigenvalue weighted by Crippen LogP contribution is -2.34. The Kier molecular flexibility index (Phi) is 8.94. The Balaban J connectivity index is 4.55. The van der Waals surface area contributed by atoms with E-state index in [-0.39, 0.29) is 25.9 Å². The Hall–Kier alpha value is -0.320. The van der Waals surface area contributed by atoms with Gasteiger partial charge in [0.15, 0.2) is 0 Å². The number of carbonyl (C=O) groups is 1. The zero-order valence-electron chi connectivity index (χ0n) is 14.1. The van der Waals surface area contributed by atoms with Crippen molar-refractivity contribution in [3.8, 4) is 0 Å². The summed E-state index contributed by atoms with van der Waals surface area (Å²) in [6, 6.07) is 0. The summed E-state index contributed by atoms with van der Waals surface area (Å²) >= 11 is 0. The number of phosphoric acid groups is 1. The molecule has 11 nitrogen and oxygen atoms in total. The van der Waals surface area contributed by atoms with E-state index in [4.69, 9.17) is 19.1 Å². The molecule has 0 aliphatic heterocycles. The molecule has 2 unspecified atom stereocenters. The van der Waals surface area contributed by atoms with Gasteiger partial charge in [0, 0.05) is 0 Å². The van der Waals surface area contributed by atoms with E-state index in [0.717, 1.165) is 0 Å². The maximum Gasteiger partial charge on any atom is 0.476 e. The standard InChI is InChI=1S/C11H24O11P2S/c1-4-9(25(18,19)20)8-11(2,3)10(12)21-6-5-7-23(13,14)22-24(15,16)17/h9H,4-8H2,1-3H3,(H,13,14)(H2,15,16,17)(H,18,19,20). The molecule has 0 aliphatic rings.